The minimum atomic E-state index is -0.0926. The molecule has 0 aliphatic heterocycles. The van der Waals surface area contributed by atoms with Gasteiger partial charge in [0.25, 0.3) is 0 Å². The van der Waals surface area contributed by atoms with Crippen LogP contribution >= 0.6 is 9.24 Å². The lowest BCUT2D eigenvalue weighted by molar-refractivity contribution is -0.123. The van der Waals surface area contributed by atoms with Crippen LogP contribution in [-0.2, 0) is 4.79 Å². The van der Waals surface area contributed by atoms with Crippen LogP contribution in [0.3, 0.4) is 0 Å². The Kier molecular flexibility index (Phi) is 4.29. The van der Waals surface area contributed by atoms with Gasteiger partial charge in [-0.1, -0.05) is 6.58 Å². The first-order valence-corrected chi connectivity index (χ1v) is 3.89. The molecule has 0 saturated heterocycles. The molecule has 58 valence electrons. The molecule has 0 saturated carbocycles. The second-order valence-corrected chi connectivity index (χ2v) is 2.93. The molecule has 0 spiro atoms. The lowest BCUT2D eigenvalue weighted by atomic mass is 10.1. The largest absolute Gasteiger partial charge is 0.356 e. The van der Waals surface area contributed by atoms with Gasteiger partial charge in [0.15, 0.2) is 0 Å². The molecule has 0 aromatic carbocycles. The zero-order valence-corrected chi connectivity index (χ0v) is 7.63. The molecule has 1 N–H and O–H groups in total. The van der Waals surface area contributed by atoms with Crippen molar-refractivity contribution < 1.29 is 4.79 Å². The zero-order chi connectivity index (χ0) is 8.15. The topological polar surface area (TPSA) is 29.1 Å². The molecule has 0 rings (SSSR count). The van der Waals surface area contributed by atoms with Gasteiger partial charge in [-0.3, -0.25) is 4.79 Å². The van der Waals surface area contributed by atoms with Crippen molar-refractivity contribution >= 4 is 15.1 Å². The van der Waals surface area contributed by atoms with Crippen LogP contribution in [0.15, 0.2) is 11.9 Å². The highest BCUT2D eigenvalue weighted by Crippen LogP contribution is 2.14. The fourth-order valence-electron chi connectivity index (χ4n) is 0.496. The van der Waals surface area contributed by atoms with E-state index in [2.05, 4.69) is 21.1 Å². The van der Waals surface area contributed by atoms with Crippen LogP contribution in [0.1, 0.15) is 13.8 Å². The van der Waals surface area contributed by atoms with Gasteiger partial charge < -0.3 is 5.32 Å². The minimum Gasteiger partial charge on any atom is -0.356 e. The van der Waals surface area contributed by atoms with E-state index >= 15 is 0 Å². The number of hydrogen-bond acceptors (Lipinski definition) is 1. The fourth-order valence-corrected chi connectivity index (χ4v) is 0.647. The van der Waals surface area contributed by atoms with E-state index in [1.54, 1.807) is 0 Å². The van der Waals surface area contributed by atoms with Crippen LogP contribution in [0.2, 0.25) is 0 Å². The smallest absolute Gasteiger partial charge is 0.227 e. The molecule has 0 radical (unpaired) electrons. The first kappa shape index (κ1) is 9.64. The second kappa shape index (κ2) is 4.45. The van der Waals surface area contributed by atoms with E-state index in [1.165, 1.54) is 0 Å². The number of hydrogen-bond donors (Lipinski definition) is 1. The van der Waals surface area contributed by atoms with Crippen LogP contribution in [0.5, 0.6) is 0 Å². The Hall–Kier alpha value is -0.360. The Morgan fingerprint density at radius 3 is 2.60 bits per heavy atom. The minimum absolute atomic E-state index is 0.0440. The average Bonchev–Trinajstić information content (AvgIpc) is 1.87. The monoisotopic (exact) mass is 159 g/mol. The number of nitrogens with one attached hydrogen (secondary N) is 1. The molecule has 0 aromatic heterocycles. The maximum absolute atomic E-state index is 11.0. The average molecular weight is 159 g/mol. The summed E-state index contributed by atoms with van der Waals surface area (Å²) in [5.74, 6) is -0.0487. The standard InChI is InChI=1S/C7H14NOP/c1-4-8-7(9)5(2)6(3)10/h5H,3-4,10H2,1-2H3,(H,8,9). The predicted molar refractivity (Wildman–Crippen MR) is 46.7 cm³/mol. The predicted octanol–water partition coefficient (Wildman–Crippen LogP) is 1.15. The number of carbonyl (C=O) groups is 1. The van der Waals surface area contributed by atoms with Gasteiger partial charge >= 0.3 is 0 Å². The van der Waals surface area contributed by atoms with Gasteiger partial charge in [-0.05, 0) is 19.2 Å². The third-order valence-corrected chi connectivity index (χ3v) is 1.80. The SMILES string of the molecule is C=C(P)C(C)C(=O)NCC. The molecule has 2 nitrogen and oxygen atoms in total. The molecule has 0 heterocycles. The van der Waals surface area contributed by atoms with Crippen molar-refractivity contribution in [3.05, 3.63) is 11.9 Å². The van der Waals surface area contributed by atoms with Gasteiger partial charge in [-0.15, -0.1) is 9.24 Å². The summed E-state index contributed by atoms with van der Waals surface area (Å²) in [5.41, 5.74) is 0. The van der Waals surface area contributed by atoms with Crippen molar-refractivity contribution in [1.29, 1.82) is 0 Å². The number of carbonyl (C=O) groups excluding carboxylic acids is 1. The first-order chi connectivity index (χ1) is 4.59. The summed E-state index contributed by atoms with van der Waals surface area (Å²) in [7, 11) is 2.44. The summed E-state index contributed by atoms with van der Waals surface area (Å²) >= 11 is 0. The van der Waals surface area contributed by atoms with Crippen molar-refractivity contribution in [3.63, 3.8) is 0 Å². The van der Waals surface area contributed by atoms with Gasteiger partial charge in [0.2, 0.25) is 5.91 Å². The summed E-state index contributed by atoms with van der Waals surface area (Å²) in [4.78, 5) is 11.0. The van der Waals surface area contributed by atoms with E-state index in [0.717, 1.165) is 5.31 Å². The lowest BCUT2D eigenvalue weighted by Crippen LogP contribution is -2.28. The molecule has 2 atom stereocenters. The van der Waals surface area contributed by atoms with Gasteiger partial charge in [0.1, 0.15) is 0 Å². The van der Waals surface area contributed by atoms with Crippen LogP contribution in [0.25, 0.3) is 0 Å². The summed E-state index contributed by atoms with van der Waals surface area (Å²) in [6.45, 7) is 8.07. The number of rotatable bonds is 3. The van der Waals surface area contributed by atoms with Crippen LogP contribution in [-0.4, -0.2) is 12.5 Å². The molecular weight excluding hydrogens is 145 g/mol. The Labute approximate surface area is 64.3 Å². The maximum Gasteiger partial charge on any atom is 0.227 e. The van der Waals surface area contributed by atoms with Crippen molar-refractivity contribution in [2.24, 2.45) is 5.92 Å². The molecule has 0 bridgehead atoms. The van der Waals surface area contributed by atoms with E-state index < -0.39 is 0 Å². The van der Waals surface area contributed by atoms with Gasteiger partial charge in [0, 0.05) is 6.54 Å². The highest BCUT2D eigenvalue weighted by Gasteiger charge is 2.10. The summed E-state index contributed by atoms with van der Waals surface area (Å²) in [6.07, 6.45) is 0. The highest BCUT2D eigenvalue weighted by molar-refractivity contribution is 7.22. The van der Waals surface area contributed by atoms with Crippen LogP contribution in [0.4, 0.5) is 0 Å². The zero-order valence-electron chi connectivity index (χ0n) is 6.48. The molecular formula is C7H14NOP. The first-order valence-electron chi connectivity index (χ1n) is 3.31. The van der Waals surface area contributed by atoms with E-state index in [4.69, 9.17) is 0 Å². The van der Waals surface area contributed by atoms with E-state index in [9.17, 15) is 4.79 Å². The van der Waals surface area contributed by atoms with Gasteiger partial charge in [-0.25, -0.2) is 0 Å². The quantitative estimate of drug-likeness (QED) is 0.615. The summed E-state index contributed by atoms with van der Waals surface area (Å²) < 4.78 is 0. The van der Waals surface area contributed by atoms with Crippen LogP contribution in [0, 0.1) is 5.92 Å². The summed E-state index contributed by atoms with van der Waals surface area (Å²) in [5, 5.41) is 3.54. The van der Waals surface area contributed by atoms with E-state index in [1.807, 2.05) is 13.8 Å². The maximum atomic E-state index is 11.0. The molecule has 1 amide bonds. The Bertz CT molecular complexity index is 145. The fraction of sp³-hybridized carbons (Fsp3) is 0.571. The van der Waals surface area contributed by atoms with E-state index in [-0.39, 0.29) is 11.8 Å². The van der Waals surface area contributed by atoms with Gasteiger partial charge in [-0.2, -0.15) is 0 Å². The lowest BCUT2D eigenvalue weighted by Gasteiger charge is -2.09. The molecule has 3 heteroatoms. The Morgan fingerprint density at radius 2 is 2.30 bits per heavy atom. The Balaban J connectivity index is 3.82. The van der Waals surface area contributed by atoms with Gasteiger partial charge in [0.05, 0.1) is 5.92 Å². The number of amides is 1. The van der Waals surface area contributed by atoms with Crippen molar-refractivity contribution in [2.45, 2.75) is 13.8 Å². The molecule has 0 aromatic rings. The van der Waals surface area contributed by atoms with Crippen molar-refractivity contribution in [3.8, 4) is 0 Å². The van der Waals surface area contributed by atoms with Crippen molar-refractivity contribution in [1.82, 2.24) is 5.32 Å². The molecule has 10 heavy (non-hydrogen) atoms. The van der Waals surface area contributed by atoms with Crippen molar-refractivity contribution in [2.75, 3.05) is 6.54 Å². The Morgan fingerprint density at radius 1 is 1.80 bits per heavy atom. The summed E-state index contributed by atoms with van der Waals surface area (Å²) in [6, 6.07) is 0. The third kappa shape index (κ3) is 2.98. The van der Waals surface area contributed by atoms with E-state index in [0.29, 0.717) is 6.54 Å². The normalized spacial score (nSPS) is 12.3. The highest BCUT2D eigenvalue weighted by atomic mass is 31.0. The molecule has 2 unspecified atom stereocenters. The molecule has 0 aliphatic rings. The van der Waals surface area contributed by atoms with Crippen LogP contribution < -0.4 is 5.32 Å². The second-order valence-electron chi connectivity index (χ2n) is 2.19. The third-order valence-electron chi connectivity index (χ3n) is 1.30. The molecule has 0 fully saturated rings. The molecule has 0 aliphatic carbocycles.